The van der Waals surface area contributed by atoms with Crippen LogP contribution in [0.5, 0.6) is 0 Å². The minimum absolute atomic E-state index is 0.00874. The van der Waals surface area contributed by atoms with Crippen LogP contribution in [-0.4, -0.2) is 36.4 Å². The summed E-state index contributed by atoms with van der Waals surface area (Å²) in [5, 5.41) is 8.82. The number of thiophene rings is 1. The number of carbonyl (C=O) groups is 1. The van der Waals surface area contributed by atoms with Gasteiger partial charge in [0, 0.05) is 19.0 Å². The third-order valence-electron chi connectivity index (χ3n) is 3.48. The van der Waals surface area contributed by atoms with Crippen molar-refractivity contribution in [2.75, 3.05) is 6.54 Å². The highest BCUT2D eigenvalue weighted by atomic mass is 79.9. The summed E-state index contributed by atoms with van der Waals surface area (Å²) < 4.78 is 28.4. The van der Waals surface area contributed by atoms with Crippen molar-refractivity contribution in [2.45, 2.75) is 43.0 Å². The molecule has 2 heterocycles. The first-order valence-electron chi connectivity index (χ1n) is 6.51. The van der Waals surface area contributed by atoms with Gasteiger partial charge >= 0.3 is 5.97 Å². The first-order chi connectivity index (χ1) is 9.82. The van der Waals surface area contributed by atoms with Crippen molar-refractivity contribution in [3.8, 4) is 0 Å². The fraction of sp³-hybridized carbons (Fsp3) is 0.583. The molecule has 1 fully saturated rings. The highest BCUT2D eigenvalue weighted by molar-refractivity contribution is 9.12. The van der Waals surface area contributed by atoms with Crippen molar-refractivity contribution >= 4 is 59.2 Å². The Morgan fingerprint density at radius 1 is 1.43 bits per heavy atom. The molecule has 0 amide bonds. The predicted octanol–water partition coefficient (Wildman–Crippen LogP) is 3.68. The fourth-order valence-corrected chi connectivity index (χ4v) is 7.98. The highest BCUT2D eigenvalue weighted by Crippen LogP contribution is 2.38. The standard InChI is InChI=1S/C12H15Br2NO4S2/c13-10-7-9(12(14)20-10)21(18,19)15-6-2-1-3-8(15)4-5-11(16)17/h7-8H,1-6H2,(H,16,17). The Morgan fingerprint density at radius 3 is 2.71 bits per heavy atom. The lowest BCUT2D eigenvalue weighted by atomic mass is 10.0. The average Bonchev–Trinajstić information content (AvgIpc) is 2.76. The number of nitrogens with zero attached hydrogens (tertiary/aromatic N) is 1. The van der Waals surface area contributed by atoms with Crippen LogP contribution in [0.4, 0.5) is 0 Å². The molecule has 1 saturated heterocycles. The second-order valence-electron chi connectivity index (χ2n) is 4.89. The molecule has 0 bridgehead atoms. The molecule has 1 aliphatic rings. The molecule has 5 nitrogen and oxygen atoms in total. The summed E-state index contributed by atoms with van der Waals surface area (Å²) in [6, 6.07) is 1.36. The van der Waals surface area contributed by atoms with Gasteiger partial charge in [0.25, 0.3) is 0 Å². The van der Waals surface area contributed by atoms with E-state index >= 15 is 0 Å². The number of rotatable bonds is 5. The quantitative estimate of drug-likeness (QED) is 0.727. The van der Waals surface area contributed by atoms with Crippen LogP contribution in [-0.2, 0) is 14.8 Å². The number of carboxylic acids is 1. The van der Waals surface area contributed by atoms with Gasteiger partial charge in [-0.1, -0.05) is 6.42 Å². The second kappa shape index (κ2) is 7.08. The molecule has 1 N–H and O–H groups in total. The maximum absolute atomic E-state index is 12.8. The van der Waals surface area contributed by atoms with Crippen molar-refractivity contribution in [1.29, 1.82) is 0 Å². The molecule has 1 unspecified atom stereocenters. The summed E-state index contributed by atoms with van der Waals surface area (Å²) in [7, 11) is -3.59. The van der Waals surface area contributed by atoms with Crippen molar-refractivity contribution in [1.82, 2.24) is 4.31 Å². The van der Waals surface area contributed by atoms with E-state index in [1.54, 1.807) is 6.07 Å². The van der Waals surface area contributed by atoms with E-state index in [-0.39, 0.29) is 17.4 Å². The lowest BCUT2D eigenvalue weighted by Gasteiger charge is -2.34. The summed E-state index contributed by atoms with van der Waals surface area (Å²) in [5.41, 5.74) is 0. The van der Waals surface area contributed by atoms with Crippen LogP contribution in [0.15, 0.2) is 18.5 Å². The smallest absolute Gasteiger partial charge is 0.303 e. The minimum Gasteiger partial charge on any atom is -0.481 e. The molecule has 0 spiro atoms. The minimum atomic E-state index is -3.59. The summed E-state index contributed by atoms with van der Waals surface area (Å²) >= 11 is 7.90. The van der Waals surface area contributed by atoms with Gasteiger partial charge < -0.3 is 5.11 Å². The summed E-state index contributed by atoms with van der Waals surface area (Å²) in [6.45, 7) is 0.451. The van der Waals surface area contributed by atoms with Gasteiger partial charge in [-0.2, -0.15) is 4.31 Å². The summed E-state index contributed by atoms with van der Waals surface area (Å²) in [5.74, 6) is -0.891. The maximum Gasteiger partial charge on any atom is 0.303 e. The normalized spacial score (nSPS) is 20.6. The topological polar surface area (TPSA) is 74.7 Å². The maximum atomic E-state index is 12.8. The van der Waals surface area contributed by atoms with Gasteiger partial charge in [0.1, 0.15) is 4.90 Å². The highest BCUT2D eigenvalue weighted by Gasteiger charge is 2.35. The number of carboxylic acid groups (broad SMARTS) is 1. The third-order valence-corrected chi connectivity index (χ3v) is 8.18. The van der Waals surface area contributed by atoms with E-state index in [0.717, 1.165) is 23.0 Å². The Labute approximate surface area is 144 Å². The van der Waals surface area contributed by atoms with Crippen LogP contribution in [0.25, 0.3) is 0 Å². The van der Waals surface area contributed by atoms with Gasteiger partial charge in [0.2, 0.25) is 10.0 Å². The van der Waals surface area contributed by atoms with Crippen LogP contribution in [0, 0.1) is 0 Å². The molecule has 21 heavy (non-hydrogen) atoms. The average molecular weight is 461 g/mol. The Hall–Kier alpha value is 0.0400. The predicted molar refractivity (Wildman–Crippen MR) is 88.1 cm³/mol. The van der Waals surface area contributed by atoms with Gasteiger partial charge in [-0.05, 0) is 57.2 Å². The zero-order valence-corrected chi connectivity index (χ0v) is 15.9. The molecule has 2 rings (SSSR count). The largest absolute Gasteiger partial charge is 0.481 e. The Kier molecular flexibility index (Phi) is 5.86. The first kappa shape index (κ1) is 17.4. The Bertz CT molecular complexity index is 629. The number of piperidine rings is 1. The van der Waals surface area contributed by atoms with Crippen molar-refractivity contribution in [2.24, 2.45) is 0 Å². The van der Waals surface area contributed by atoms with E-state index in [9.17, 15) is 13.2 Å². The van der Waals surface area contributed by atoms with E-state index in [4.69, 9.17) is 5.11 Å². The van der Waals surface area contributed by atoms with Crippen molar-refractivity contribution < 1.29 is 18.3 Å². The summed E-state index contributed by atoms with van der Waals surface area (Å²) in [6.07, 6.45) is 2.81. The molecule has 1 aromatic heterocycles. The van der Waals surface area contributed by atoms with E-state index in [1.807, 2.05) is 0 Å². The SMILES string of the molecule is O=C(O)CCC1CCCCN1S(=O)(=O)c1cc(Br)sc1Br. The fourth-order valence-electron chi connectivity index (χ4n) is 2.50. The van der Waals surface area contributed by atoms with Gasteiger partial charge in [-0.15, -0.1) is 11.3 Å². The van der Waals surface area contributed by atoms with E-state index in [0.29, 0.717) is 16.8 Å². The number of aliphatic carboxylic acids is 1. The van der Waals surface area contributed by atoms with Gasteiger partial charge in [0.15, 0.2) is 0 Å². The monoisotopic (exact) mass is 459 g/mol. The van der Waals surface area contributed by atoms with Crippen LogP contribution in [0.1, 0.15) is 32.1 Å². The number of hydrogen-bond acceptors (Lipinski definition) is 4. The molecular weight excluding hydrogens is 446 g/mol. The van der Waals surface area contributed by atoms with Crippen LogP contribution in [0.3, 0.4) is 0 Å². The lowest BCUT2D eigenvalue weighted by Crippen LogP contribution is -2.43. The first-order valence-corrected chi connectivity index (χ1v) is 10.3. The van der Waals surface area contributed by atoms with Crippen molar-refractivity contribution in [3.05, 3.63) is 13.6 Å². The molecule has 0 aliphatic carbocycles. The molecule has 9 heteroatoms. The molecule has 0 radical (unpaired) electrons. The Balaban J connectivity index is 2.27. The number of hydrogen-bond donors (Lipinski definition) is 1. The molecule has 0 aromatic carbocycles. The Morgan fingerprint density at radius 2 is 2.14 bits per heavy atom. The van der Waals surface area contributed by atoms with E-state index < -0.39 is 16.0 Å². The second-order valence-corrected chi connectivity index (χ2v) is 10.5. The molecule has 118 valence electrons. The van der Waals surface area contributed by atoms with Crippen LogP contribution < -0.4 is 0 Å². The zero-order valence-electron chi connectivity index (χ0n) is 11.1. The van der Waals surface area contributed by atoms with Gasteiger partial charge in [-0.3, -0.25) is 4.79 Å². The molecule has 1 aliphatic heterocycles. The molecule has 1 aromatic rings. The number of sulfonamides is 1. The molecule has 0 saturated carbocycles. The van der Waals surface area contributed by atoms with Gasteiger partial charge in [0.05, 0.1) is 7.57 Å². The molecular formula is C12H15Br2NO4S2. The molecule has 1 atom stereocenters. The lowest BCUT2D eigenvalue weighted by molar-refractivity contribution is -0.137. The van der Waals surface area contributed by atoms with Crippen molar-refractivity contribution in [3.63, 3.8) is 0 Å². The third kappa shape index (κ3) is 4.07. The van der Waals surface area contributed by atoms with Crippen LogP contribution >= 0.6 is 43.2 Å². The van der Waals surface area contributed by atoms with Gasteiger partial charge in [-0.25, -0.2) is 8.42 Å². The summed E-state index contributed by atoms with van der Waals surface area (Å²) in [4.78, 5) is 11.0. The van der Waals surface area contributed by atoms with Crippen LogP contribution in [0.2, 0.25) is 0 Å². The van der Waals surface area contributed by atoms with E-state index in [1.165, 1.54) is 15.6 Å². The zero-order chi connectivity index (χ0) is 15.6. The van der Waals surface area contributed by atoms with E-state index in [2.05, 4.69) is 31.9 Å². The number of halogens is 2.